The Kier molecular flexibility index (Phi) is 4.39. The molecule has 1 aromatic rings. The molecule has 3 nitrogen and oxygen atoms in total. The molecule has 2 N–H and O–H groups in total. The lowest BCUT2D eigenvalue weighted by atomic mass is 9.75. The Morgan fingerprint density at radius 3 is 2.42 bits per heavy atom. The highest BCUT2D eigenvalue weighted by Gasteiger charge is 2.40. The highest BCUT2D eigenvalue weighted by atomic mass is 35.5. The van der Waals surface area contributed by atoms with Crippen LogP contribution >= 0.6 is 11.6 Å². The predicted octanol–water partition coefficient (Wildman–Crippen LogP) is 2.72. The zero-order chi connectivity index (χ0) is 14.0. The molecular formula is C15H24ClN3. The molecule has 1 aliphatic rings. The van der Waals surface area contributed by atoms with Crippen molar-refractivity contribution in [1.29, 1.82) is 0 Å². The van der Waals surface area contributed by atoms with Gasteiger partial charge >= 0.3 is 0 Å². The van der Waals surface area contributed by atoms with Gasteiger partial charge in [0.25, 0.3) is 0 Å². The van der Waals surface area contributed by atoms with Crippen molar-refractivity contribution in [2.45, 2.75) is 31.3 Å². The second-order valence-electron chi connectivity index (χ2n) is 5.81. The van der Waals surface area contributed by atoms with Crippen molar-refractivity contribution in [3.8, 4) is 0 Å². The lowest BCUT2D eigenvalue weighted by molar-refractivity contribution is 0.0683. The molecule has 1 saturated carbocycles. The maximum absolute atomic E-state index is 6.12. The average molecular weight is 282 g/mol. The largest absolute Gasteiger partial charge is 0.372 e. The van der Waals surface area contributed by atoms with E-state index < -0.39 is 0 Å². The number of anilines is 1. The molecule has 0 atom stereocenters. The fourth-order valence-electron chi connectivity index (χ4n) is 2.92. The maximum atomic E-state index is 6.12. The van der Waals surface area contributed by atoms with Gasteiger partial charge in [0.2, 0.25) is 0 Å². The third-order valence-electron chi connectivity index (χ3n) is 4.44. The molecule has 4 heteroatoms. The van der Waals surface area contributed by atoms with E-state index in [1.165, 1.54) is 19.3 Å². The maximum Gasteiger partial charge on any atom is 0.0426 e. The van der Waals surface area contributed by atoms with Crippen LogP contribution in [0.2, 0.25) is 5.02 Å². The van der Waals surface area contributed by atoms with Crippen molar-refractivity contribution < 1.29 is 0 Å². The van der Waals surface area contributed by atoms with Gasteiger partial charge in [-0.15, -0.1) is 0 Å². The minimum atomic E-state index is 0.308. The number of benzene rings is 1. The van der Waals surface area contributed by atoms with Crippen LogP contribution < -0.4 is 10.6 Å². The smallest absolute Gasteiger partial charge is 0.0426 e. The summed E-state index contributed by atoms with van der Waals surface area (Å²) in [6.45, 7) is 1.57. The van der Waals surface area contributed by atoms with Gasteiger partial charge in [-0.05, 0) is 51.1 Å². The second kappa shape index (κ2) is 5.70. The summed E-state index contributed by atoms with van der Waals surface area (Å²) in [6.07, 6.45) is 3.86. The van der Waals surface area contributed by atoms with Crippen LogP contribution in [0.3, 0.4) is 0 Å². The highest BCUT2D eigenvalue weighted by molar-refractivity contribution is 6.30. The van der Waals surface area contributed by atoms with E-state index in [4.69, 9.17) is 17.3 Å². The van der Waals surface area contributed by atoms with E-state index in [9.17, 15) is 0 Å². The van der Waals surface area contributed by atoms with Crippen LogP contribution in [0.5, 0.6) is 0 Å². The normalized spacial score (nSPS) is 17.4. The summed E-state index contributed by atoms with van der Waals surface area (Å²) in [4.78, 5) is 4.66. The number of hydrogen-bond donors (Lipinski definition) is 1. The van der Waals surface area contributed by atoms with Crippen LogP contribution in [-0.2, 0) is 6.54 Å². The van der Waals surface area contributed by atoms with E-state index in [2.05, 4.69) is 30.9 Å². The van der Waals surface area contributed by atoms with Crippen molar-refractivity contribution in [1.82, 2.24) is 4.90 Å². The quantitative estimate of drug-likeness (QED) is 0.901. The van der Waals surface area contributed by atoms with Gasteiger partial charge in [0, 0.05) is 36.4 Å². The fourth-order valence-corrected chi connectivity index (χ4v) is 3.09. The molecule has 0 aliphatic heterocycles. The van der Waals surface area contributed by atoms with E-state index in [0.717, 1.165) is 22.8 Å². The first-order chi connectivity index (χ1) is 8.98. The zero-order valence-corrected chi connectivity index (χ0v) is 12.9. The molecule has 0 heterocycles. The molecule has 0 spiro atoms. The summed E-state index contributed by atoms with van der Waals surface area (Å²) in [6, 6.07) is 5.95. The SMILES string of the molecule is CN(CC1(N(C)C)CCC1)c1cc(Cl)ccc1CN. The van der Waals surface area contributed by atoms with E-state index in [1.807, 2.05) is 18.2 Å². The second-order valence-corrected chi connectivity index (χ2v) is 6.24. The van der Waals surface area contributed by atoms with Gasteiger partial charge in [-0.1, -0.05) is 17.7 Å². The minimum absolute atomic E-state index is 0.308. The number of nitrogens with two attached hydrogens (primary N) is 1. The standard InChI is InChI=1S/C15H24ClN3/c1-18(2)15(7-4-8-15)11-19(3)14-9-13(16)6-5-12(14)10-17/h5-6,9H,4,7-8,10-11,17H2,1-3H3. The Bertz CT molecular complexity index is 441. The van der Waals surface area contributed by atoms with E-state index in [1.54, 1.807) is 0 Å². The lowest BCUT2D eigenvalue weighted by Gasteiger charge is -2.49. The average Bonchev–Trinajstić information content (AvgIpc) is 2.33. The number of hydrogen-bond acceptors (Lipinski definition) is 3. The molecular weight excluding hydrogens is 258 g/mol. The third-order valence-corrected chi connectivity index (χ3v) is 4.68. The molecule has 0 saturated heterocycles. The Hall–Kier alpha value is -0.770. The lowest BCUT2D eigenvalue weighted by Crippen LogP contribution is -2.56. The van der Waals surface area contributed by atoms with Crippen molar-refractivity contribution >= 4 is 17.3 Å². The van der Waals surface area contributed by atoms with E-state index in [-0.39, 0.29) is 0 Å². The van der Waals surface area contributed by atoms with Crippen LogP contribution in [0.1, 0.15) is 24.8 Å². The molecule has 0 aromatic heterocycles. The number of nitrogens with zero attached hydrogens (tertiary/aromatic N) is 2. The molecule has 0 amide bonds. The van der Waals surface area contributed by atoms with Crippen LogP contribution in [0.25, 0.3) is 0 Å². The van der Waals surface area contributed by atoms with Crippen molar-refractivity contribution in [3.05, 3.63) is 28.8 Å². The van der Waals surface area contributed by atoms with Gasteiger partial charge in [0.05, 0.1) is 0 Å². The number of halogens is 1. The molecule has 1 fully saturated rings. The van der Waals surface area contributed by atoms with Gasteiger partial charge in [-0.25, -0.2) is 0 Å². The number of rotatable bonds is 5. The monoisotopic (exact) mass is 281 g/mol. The van der Waals surface area contributed by atoms with E-state index >= 15 is 0 Å². The first-order valence-corrected chi connectivity index (χ1v) is 7.23. The van der Waals surface area contributed by atoms with Crippen LogP contribution in [0.4, 0.5) is 5.69 Å². The minimum Gasteiger partial charge on any atom is -0.372 e. The molecule has 0 radical (unpaired) electrons. The summed E-state index contributed by atoms with van der Waals surface area (Å²) >= 11 is 6.12. The van der Waals surface area contributed by atoms with Crippen molar-refractivity contribution in [2.75, 3.05) is 32.6 Å². The van der Waals surface area contributed by atoms with Crippen LogP contribution in [-0.4, -0.2) is 38.1 Å². The van der Waals surface area contributed by atoms with E-state index in [0.29, 0.717) is 12.1 Å². The summed E-state index contributed by atoms with van der Waals surface area (Å²) in [5, 5.41) is 0.770. The number of likely N-dealkylation sites (N-methyl/N-ethyl adjacent to an activating group) is 2. The summed E-state index contributed by atoms with van der Waals surface area (Å²) in [5.74, 6) is 0. The van der Waals surface area contributed by atoms with Gasteiger partial charge in [-0.3, -0.25) is 0 Å². The Morgan fingerprint density at radius 2 is 1.95 bits per heavy atom. The highest BCUT2D eigenvalue weighted by Crippen LogP contribution is 2.38. The summed E-state index contributed by atoms with van der Waals surface area (Å²) in [7, 11) is 6.48. The first kappa shape index (κ1) is 14.6. The molecule has 1 aromatic carbocycles. The van der Waals surface area contributed by atoms with Crippen molar-refractivity contribution in [3.63, 3.8) is 0 Å². The predicted molar refractivity (Wildman–Crippen MR) is 82.9 cm³/mol. The molecule has 0 bridgehead atoms. The fraction of sp³-hybridized carbons (Fsp3) is 0.600. The van der Waals surface area contributed by atoms with Gasteiger partial charge in [-0.2, -0.15) is 0 Å². The Balaban J connectivity index is 2.19. The Labute approximate surface area is 121 Å². The van der Waals surface area contributed by atoms with Crippen molar-refractivity contribution in [2.24, 2.45) is 5.73 Å². The van der Waals surface area contributed by atoms with Crippen LogP contribution in [0, 0.1) is 0 Å². The molecule has 106 valence electrons. The van der Waals surface area contributed by atoms with Gasteiger partial charge in [0.1, 0.15) is 0 Å². The third kappa shape index (κ3) is 2.88. The van der Waals surface area contributed by atoms with Gasteiger partial charge in [0.15, 0.2) is 0 Å². The molecule has 1 aliphatic carbocycles. The molecule has 19 heavy (non-hydrogen) atoms. The summed E-state index contributed by atoms with van der Waals surface area (Å²) in [5.41, 5.74) is 8.45. The van der Waals surface area contributed by atoms with Gasteiger partial charge < -0.3 is 15.5 Å². The first-order valence-electron chi connectivity index (χ1n) is 6.85. The molecule has 0 unspecified atom stereocenters. The topological polar surface area (TPSA) is 32.5 Å². The Morgan fingerprint density at radius 1 is 1.26 bits per heavy atom. The molecule has 2 rings (SSSR count). The zero-order valence-electron chi connectivity index (χ0n) is 12.1. The summed E-state index contributed by atoms with van der Waals surface area (Å²) < 4.78 is 0. The van der Waals surface area contributed by atoms with Crippen LogP contribution in [0.15, 0.2) is 18.2 Å².